The van der Waals surface area contributed by atoms with E-state index in [2.05, 4.69) is 9.88 Å². The molecule has 0 amide bonds. The van der Waals surface area contributed by atoms with Crippen LogP contribution < -0.4 is 5.56 Å². The quantitative estimate of drug-likeness (QED) is 0.871. The summed E-state index contributed by atoms with van der Waals surface area (Å²) in [4.78, 5) is 19.1. The number of piperidine rings is 1. The topological polar surface area (TPSA) is 67.6 Å². The van der Waals surface area contributed by atoms with Crippen molar-refractivity contribution in [3.05, 3.63) is 28.4 Å². The molecule has 0 bridgehead atoms. The van der Waals surface area contributed by atoms with Gasteiger partial charge in [0.1, 0.15) is 5.60 Å². The predicted molar refractivity (Wildman–Crippen MR) is 94.6 cm³/mol. The summed E-state index contributed by atoms with van der Waals surface area (Å²) >= 11 is 0. The van der Waals surface area contributed by atoms with Crippen LogP contribution in [0.3, 0.4) is 0 Å². The van der Waals surface area contributed by atoms with Crippen molar-refractivity contribution in [1.29, 1.82) is 0 Å². The monoisotopic (exact) mass is 347 g/mol. The smallest absolute Gasteiger partial charge is 0.253 e. The number of aromatic nitrogens is 2. The maximum Gasteiger partial charge on any atom is 0.253 e. The Morgan fingerprint density at radius 2 is 2.08 bits per heavy atom. The summed E-state index contributed by atoms with van der Waals surface area (Å²) in [5.74, 6) is 1.04. The van der Waals surface area contributed by atoms with Crippen molar-refractivity contribution in [2.75, 3.05) is 32.8 Å². The maximum atomic E-state index is 12.3. The highest BCUT2D eigenvalue weighted by Gasteiger charge is 2.33. The van der Waals surface area contributed by atoms with Gasteiger partial charge in [0.25, 0.3) is 5.56 Å². The molecule has 6 nitrogen and oxygen atoms in total. The van der Waals surface area contributed by atoms with E-state index in [1.807, 2.05) is 0 Å². The molecule has 0 radical (unpaired) electrons. The number of hydrogen-bond acceptors (Lipinski definition) is 5. The van der Waals surface area contributed by atoms with E-state index in [1.165, 1.54) is 12.8 Å². The van der Waals surface area contributed by atoms with Crippen molar-refractivity contribution in [3.63, 3.8) is 0 Å². The van der Waals surface area contributed by atoms with Gasteiger partial charge in [-0.05, 0) is 57.5 Å². The Hall–Kier alpha value is -1.24. The lowest BCUT2D eigenvalue weighted by Gasteiger charge is -2.39. The van der Waals surface area contributed by atoms with Gasteiger partial charge in [0.2, 0.25) is 0 Å². The SMILES string of the molecule is O=c1cc(C2CC2)ncn1CC1CCN(CC2(O)CCCOC2)CC1. The number of aliphatic hydroxyl groups is 1. The summed E-state index contributed by atoms with van der Waals surface area (Å²) in [7, 11) is 0. The van der Waals surface area contributed by atoms with E-state index in [-0.39, 0.29) is 5.56 Å². The molecule has 0 spiro atoms. The molecule has 2 saturated heterocycles. The predicted octanol–water partition coefficient (Wildman–Crippen LogP) is 1.37. The van der Waals surface area contributed by atoms with Gasteiger partial charge in [0, 0.05) is 31.7 Å². The zero-order valence-corrected chi connectivity index (χ0v) is 14.9. The first-order valence-corrected chi connectivity index (χ1v) is 9.70. The van der Waals surface area contributed by atoms with E-state index in [1.54, 1.807) is 17.0 Å². The molecule has 1 aromatic heterocycles. The lowest BCUT2D eigenvalue weighted by atomic mass is 9.92. The number of likely N-dealkylation sites (tertiary alicyclic amines) is 1. The van der Waals surface area contributed by atoms with Crippen molar-refractivity contribution in [2.24, 2.45) is 5.92 Å². The molecular weight excluding hydrogens is 318 g/mol. The standard InChI is InChI=1S/C19H29N3O3/c23-18-10-17(16-2-3-16)20-14-22(18)11-15-4-7-21(8-5-15)12-19(24)6-1-9-25-13-19/h10,14-16,24H,1-9,11-13H2. The van der Waals surface area contributed by atoms with Crippen molar-refractivity contribution in [3.8, 4) is 0 Å². The summed E-state index contributed by atoms with van der Waals surface area (Å²) < 4.78 is 7.22. The molecule has 1 atom stereocenters. The maximum absolute atomic E-state index is 12.3. The van der Waals surface area contributed by atoms with Crippen LogP contribution in [-0.4, -0.2) is 58.0 Å². The lowest BCUT2D eigenvalue weighted by Crippen LogP contribution is -2.50. The van der Waals surface area contributed by atoms with E-state index >= 15 is 0 Å². The second-order valence-electron chi connectivity index (χ2n) is 8.18. The number of ether oxygens (including phenoxy) is 1. The van der Waals surface area contributed by atoms with Gasteiger partial charge in [-0.2, -0.15) is 0 Å². The zero-order valence-electron chi connectivity index (χ0n) is 14.9. The average molecular weight is 347 g/mol. The van der Waals surface area contributed by atoms with Gasteiger partial charge in [0.15, 0.2) is 0 Å². The Balaban J connectivity index is 1.28. The second kappa shape index (κ2) is 7.17. The molecule has 3 heterocycles. The van der Waals surface area contributed by atoms with E-state index in [0.29, 0.717) is 25.0 Å². The molecule has 4 rings (SSSR count). The molecular formula is C19H29N3O3. The number of hydrogen-bond donors (Lipinski definition) is 1. The molecule has 0 aromatic carbocycles. The van der Waals surface area contributed by atoms with E-state index in [4.69, 9.17) is 4.74 Å². The Morgan fingerprint density at radius 3 is 2.72 bits per heavy atom. The first-order chi connectivity index (χ1) is 12.1. The molecule has 2 aliphatic heterocycles. The highest BCUT2D eigenvalue weighted by molar-refractivity contribution is 5.12. The normalized spacial score (nSPS) is 29.0. The Morgan fingerprint density at radius 1 is 1.28 bits per heavy atom. The molecule has 3 fully saturated rings. The van der Waals surface area contributed by atoms with Crippen LogP contribution in [0.15, 0.2) is 17.2 Å². The molecule has 1 unspecified atom stereocenters. The van der Waals surface area contributed by atoms with E-state index in [9.17, 15) is 9.90 Å². The van der Waals surface area contributed by atoms with Crippen LogP contribution in [-0.2, 0) is 11.3 Å². The van der Waals surface area contributed by atoms with Crippen LogP contribution in [0, 0.1) is 5.92 Å². The fourth-order valence-electron chi connectivity index (χ4n) is 4.16. The molecule has 1 aliphatic carbocycles. The lowest BCUT2D eigenvalue weighted by molar-refractivity contribution is -0.103. The van der Waals surface area contributed by atoms with Gasteiger partial charge in [-0.25, -0.2) is 4.98 Å². The summed E-state index contributed by atoms with van der Waals surface area (Å²) in [6.07, 6.45) is 7.99. The third-order valence-corrected chi connectivity index (χ3v) is 5.88. The van der Waals surface area contributed by atoms with Gasteiger partial charge in [0.05, 0.1) is 18.6 Å². The minimum atomic E-state index is -0.676. The molecule has 6 heteroatoms. The first-order valence-electron chi connectivity index (χ1n) is 9.70. The minimum Gasteiger partial charge on any atom is -0.386 e. The molecule has 3 aliphatic rings. The van der Waals surface area contributed by atoms with Gasteiger partial charge in [-0.1, -0.05) is 0 Å². The zero-order chi connectivity index (χ0) is 17.3. The van der Waals surface area contributed by atoms with Crippen LogP contribution in [0.1, 0.15) is 50.1 Å². The summed E-state index contributed by atoms with van der Waals surface area (Å²) in [6, 6.07) is 1.73. The van der Waals surface area contributed by atoms with Crippen LogP contribution in [0.2, 0.25) is 0 Å². The minimum absolute atomic E-state index is 0.0907. The Bertz CT molecular complexity index is 642. The number of rotatable bonds is 5. The van der Waals surface area contributed by atoms with Crippen molar-refractivity contribution in [2.45, 2.75) is 56.6 Å². The average Bonchev–Trinajstić information content (AvgIpc) is 3.44. The fraction of sp³-hybridized carbons (Fsp3) is 0.789. The van der Waals surface area contributed by atoms with E-state index in [0.717, 1.165) is 57.6 Å². The van der Waals surface area contributed by atoms with Gasteiger partial charge < -0.3 is 14.7 Å². The van der Waals surface area contributed by atoms with Crippen LogP contribution in [0.25, 0.3) is 0 Å². The molecule has 25 heavy (non-hydrogen) atoms. The highest BCUT2D eigenvalue weighted by atomic mass is 16.5. The van der Waals surface area contributed by atoms with Crippen LogP contribution >= 0.6 is 0 Å². The summed E-state index contributed by atoms with van der Waals surface area (Å²) in [6.45, 7) is 4.66. The molecule has 1 N–H and O–H groups in total. The first kappa shape index (κ1) is 17.2. The third kappa shape index (κ3) is 4.30. The fourth-order valence-corrected chi connectivity index (χ4v) is 4.16. The Kier molecular flexibility index (Phi) is 4.93. The molecule has 1 aromatic rings. The van der Waals surface area contributed by atoms with Gasteiger partial charge >= 0.3 is 0 Å². The van der Waals surface area contributed by atoms with Crippen LogP contribution in [0.5, 0.6) is 0 Å². The van der Waals surface area contributed by atoms with Crippen LogP contribution in [0.4, 0.5) is 0 Å². The van der Waals surface area contributed by atoms with Crippen molar-refractivity contribution >= 4 is 0 Å². The summed E-state index contributed by atoms with van der Waals surface area (Å²) in [5.41, 5.74) is 0.386. The number of β-amino-alcohol motifs (C(OH)–C–C–N with tert-alkyl or cyclic N) is 1. The van der Waals surface area contributed by atoms with Crippen molar-refractivity contribution in [1.82, 2.24) is 14.5 Å². The van der Waals surface area contributed by atoms with Gasteiger partial charge in [-0.3, -0.25) is 9.36 Å². The highest BCUT2D eigenvalue weighted by Crippen LogP contribution is 2.38. The third-order valence-electron chi connectivity index (χ3n) is 5.88. The summed E-state index contributed by atoms with van der Waals surface area (Å²) in [5, 5.41) is 10.6. The molecule has 138 valence electrons. The molecule has 1 saturated carbocycles. The van der Waals surface area contributed by atoms with E-state index < -0.39 is 5.60 Å². The number of nitrogens with zero attached hydrogens (tertiary/aromatic N) is 3. The second-order valence-corrected chi connectivity index (χ2v) is 8.18. The van der Waals surface area contributed by atoms with Gasteiger partial charge in [-0.15, -0.1) is 0 Å². The largest absolute Gasteiger partial charge is 0.386 e. The Labute approximate surface area is 148 Å². The van der Waals surface area contributed by atoms with Crippen molar-refractivity contribution < 1.29 is 9.84 Å².